The zero-order valence-electron chi connectivity index (χ0n) is 13.8. The summed E-state index contributed by atoms with van der Waals surface area (Å²) < 4.78 is 72.2. The molecular weight excluding hydrogens is 373 g/mol. The normalized spacial score (nSPS) is 12.3. The zero-order valence-corrected chi connectivity index (χ0v) is 14.6. The number of benzene rings is 1. The van der Waals surface area contributed by atoms with E-state index < -0.39 is 22.1 Å². The van der Waals surface area contributed by atoms with Crippen LogP contribution in [0.4, 0.5) is 13.2 Å². The molecule has 2 aromatic rings. The molecule has 0 bridgehead atoms. The second-order valence-electron chi connectivity index (χ2n) is 5.21. The van der Waals surface area contributed by atoms with Gasteiger partial charge in [0.05, 0.1) is 11.5 Å². The Morgan fingerprint density at radius 2 is 1.69 bits per heavy atom. The molecule has 2 rings (SSSR count). The lowest BCUT2D eigenvalue weighted by Gasteiger charge is -2.22. The molecule has 0 saturated carbocycles. The molecule has 0 aliphatic carbocycles. The van der Waals surface area contributed by atoms with E-state index in [0.717, 1.165) is 29.8 Å². The largest absolute Gasteiger partial charge is 0.573 e. The molecule has 0 aliphatic heterocycles. The average molecular weight is 390 g/mol. The first kappa shape index (κ1) is 20.1. The highest BCUT2D eigenvalue weighted by Crippen LogP contribution is 2.25. The molecule has 0 N–H and O–H groups in total. The van der Waals surface area contributed by atoms with E-state index in [1.807, 2.05) is 0 Å². The van der Waals surface area contributed by atoms with E-state index in [0.29, 0.717) is 0 Å². The minimum Gasteiger partial charge on any atom is -0.406 e. The first-order chi connectivity index (χ1) is 12.2. The van der Waals surface area contributed by atoms with Crippen molar-refractivity contribution in [3.8, 4) is 5.75 Å². The van der Waals surface area contributed by atoms with E-state index in [2.05, 4.69) is 9.72 Å². The smallest absolute Gasteiger partial charge is 0.406 e. The number of ether oxygens (including phenoxy) is 2. The second-order valence-corrected chi connectivity index (χ2v) is 7.14. The lowest BCUT2D eigenvalue weighted by atomic mass is 10.3. The number of aromatic nitrogens is 1. The van der Waals surface area contributed by atoms with Crippen LogP contribution in [0.5, 0.6) is 5.75 Å². The first-order valence-electron chi connectivity index (χ1n) is 7.46. The first-order valence-corrected chi connectivity index (χ1v) is 8.90. The maximum Gasteiger partial charge on any atom is 0.573 e. The Morgan fingerprint density at radius 3 is 2.23 bits per heavy atom. The van der Waals surface area contributed by atoms with Crippen LogP contribution in [0.3, 0.4) is 0 Å². The summed E-state index contributed by atoms with van der Waals surface area (Å²) in [5, 5.41) is 0. The maximum absolute atomic E-state index is 12.8. The van der Waals surface area contributed by atoms with Gasteiger partial charge in [0.2, 0.25) is 10.0 Å². The van der Waals surface area contributed by atoms with Crippen LogP contribution < -0.4 is 4.74 Å². The number of methoxy groups -OCH3 is 1. The van der Waals surface area contributed by atoms with Gasteiger partial charge in [0.25, 0.3) is 0 Å². The van der Waals surface area contributed by atoms with Crippen LogP contribution in [-0.4, -0.2) is 44.3 Å². The Bertz CT molecular complexity index is 796. The number of nitrogens with zero attached hydrogens (tertiary/aromatic N) is 2. The third-order valence-electron chi connectivity index (χ3n) is 3.35. The molecule has 26 heavy (non-hydrogen) atoms. The SMILES string of the molecule is COCCN(Cc1ccncc1)S(=O)(=O)c1ccc(OC(F)(F)F)cc1. The minimum atomic E-state index is -4.84. The molecule has 0 fully saturated rings. The molecule has 6 nitrogen and oxygen atoms in total. The van der Waals surface area contributed by atoms with Gasteiger partial charge in [-0.2, -0.15) is 4.31 Å². The van der Waals surface area contributed by atoms with Gasteiger partial charge in [-0.25, -0.2) is 8.42 Å². The lowest BCUT2D eigenvalue weighted by molar-refractivity contribution is -0.274. The highest BCUT2D eigenvalue weighted by atomic mass is 32.2. The Labute approximate surface area is 149 Å². The molecule has 0 atom stereocenters. The third-order valence-corrected chi connectivity index (χ3v) is 5.21. The Kier molecular flexibility index (Phi) is 6.57. The number of hydrogen-bond donors (Lipinski definition) is 0. The molecule has 142 valence electrons. The van der Waals surface area contributed by atoms with Gasteiger partial charge in [-0.1, -0.05) is 0 Å². The lowest BCUT2D eigenvalue weighted by Crippen LogP contribution is -2.33. The number of pyridine rings is 1. The van der Waals surface area contributed by atoms with E-state index >= 15 is 0 Å². The molecular formula is C16H17F3N2O4S. The van der Waals surface area contributed by atoms with Crippen LogP contribution in [0, 0.1) is 0 Å². The van der Waals surface area contributed by atoms with Gasteiger partial charge in [-0.05, 0) is 42.0 Å². The van der Waals surface area contributed by atoms with Crippen LogP contribution >= 0.6 is 0 Å². The van der Waals surface area contributed by atoms with Crippen molar-refractivity contribution in [1.82, 2.24) is 9.29 Å². The molecule has 0 aliphatic rings. The monoisotopic (exact) mass is 390 g/mol. The van der Waals surface area contributed by atoms with Crippen molar-refractivity contribution in [1.29, 1.82) is 0 Å². The predicted octanol–water partition coefficient (Wildman–Crippen LogP) is 2.82. The van der Waals surface area contributed by atoms with E-state index in [1.54, 1.807) is 24.5 Å². The van der Waals surface area contributed by atoms with Crippen LogP contribution in [0.1, 0.15) is 5.56 Å². The van der Waals surface area contributed by atoms with Crippen LogP contribution in [0.15, 0.2) is 53.7 Å². The molecule has 1 aromatic heterocycles. The van der Waals surface area contributed by atoms with E-state index in [4.69, 9.17) is 4.74 Å². The topological polar surface area (TPSA) is 68.7 Å². The van der Waals surface area contributed by atoms with Crippen LogP contribution in [0.2, 0.25) is 0 Å². The summed E-state index contributed by atoms with van der Waals surface area (Å²) in [5.74, 6) is -0.492. The van der Waals surface area contributed by atoms with Crippen LogP contribution in [-0.2, 0) is 21.3 Å². The fourth-order valence-corrected chi connectivity index (χ4v) is 3.54. The average Bonchev–Trinajstić information content (AvgIpc) is 2.58. The summed E-state index contributed by atoms with van der Waals surface area (Å²) >= 11 is 0. The summed E-state index contributed by atoms with van der Waals surface area (Å²) in [6.45, 7) is 0.330. The van der Waals surface area contributed by atoms with Crippen molar-refractivity contribution < 1.29 is 31.1 Å². The molecule has 0 radical (unpaired) electrons. The molecule has 10 heteroatoms. The highest BCUT2D eigenvalue weighted by Gasteiger charge is 2.31. The van der Waals surface area contributed by atoms with Gasteiger partial charge < -0.3 is 9.47 Å². The van der Waals surface area contributed by atoms with Crippen LogP contribution in [0.25, 0.3) is 0 Å². The Hall–Kier alpha value is -2.17. The van der Waals surface area contributed by atoms with Crippen molar-refractivity contribution in [2.24, 2.45) is 0 Å². The van der Waals surface area contributed by atoms with E-state index in [1.165, 1.54) is 11.4 Å². The van der Waals surface area contributed by atoms with Gasteiger partial charge >= 0.3 is 6.36 Å². The van der Waals surface area contributed by atoms with Crippen molar-refractivity contribution in [2.45, 2.75) is 17.8 Å². The number of hydrogen-bond acceptors (Lipinski definition) is 5. The maximum atomic E-state index is 12.8. The third kappa shape index (κ3) is 5.68. The molecule has 0 saturated heterocycles. The zero-order chi connectivity index (χ0) is 19.2. The fourth-order valence-electron chi connectivity index (χ4n) is 2.13. The number of rotatable bonds is 8. The highest BCUT2D eigenvalue weighted by molar-refractivity contribution is 7.89. The van der Waals surface area contributed by atoms with Crippen molar-refractivity contribution in [2.75, 3.05) is 20.3 Å². The predicted molar refractivity (Wildman–Crippen MR) is 86.8 cm³/mol. The van der Waals surface area contributed by atoms with Crippen molar-refractivity contribution >= 4 is 10.0 Å². The van der Waals surface area contributed by atoms with Crippen molar-refractivity contribution in [3.63, 3.8) is 0 Å². The molecule has 0 spiro atoms. The summed E-state index contributed by atoms with van der Waals surface area (Å²) in [7, 11) is -2.49. The molecule has 1 heterocycles. The summed E-state index contributed by atoms with van der Waals surface area (Å²) in [6, 6.07) is 7.42. The van der Waals surface area contributed by atoms with E-state index in [-0.39, 0.29) is 24.6 Å². The van der Waals surface area contributed by atoms with Gasteiger partial charge in [0.1, 0.15) is 5.75 Å². The van der Waals surface area contributed by atoms with Gasteiger partial charge in [0.15, 0.2) is 0 Å². The summed E-state index contributed by atoms with van der Waals surface area (Å²) in [4.78, 5) is 3.73. The number of sulfonamides is 1. The number of halogens is 3. The Balaban J connectivity index is 2.24. The second kappa shape index (κ2) is 8.47. The summed E-state index contributed by atoms with van der Waals surface area (Å²) in [5.41, 5.74) is 0.719. The molecule has 0 amide bonds. The van der Waals surface area contributed by atoms with Crippen molar-refractivity contribution in [3.05, 3.63) is 54.4 Å². The number of alkyl halides is 3. The van der Waals surface area contributed by atoms with Gasteiger partial charge in [-0.3, -0.25) is 4.98 Å². The van der Waals surface area contributed by atoms with Gasteiger partial charge in [-0.15, -0.1) is 13.2 Å². The summed E-state index contributed by atoms with van der Waals surface area (Å²) in [6.07, 6.45) is -1.76. The quantitative estimate of drug-likeness (QED) is 0.693. The minimum absolute atomic E-state index is 0.0784. The Morgan fingerprint density at radius 1 is 1.08 bits per heavy atom. The van der Waals surface area contributed by atoms with E-state index in [9.17, 15) is 21.6 Å². The standard InChI is InChI=1S/C16H17F3N2O4S/c1-24-11-10-21(12-13-6-8-20-9-7-13)26(22,23)15-4-2-14(3-5-15)25-16(17,18)19/h2-9H,10-12H2,1H3. The molecule has 0 unspecified atom stereocenters. The molecule has 1 aromatic carbocycles. The van der Waals surface area contributed by atoms with Gasteiger partial charge in [0, 0.05) is 32.6 Å². The fraction of sp³-hybridized carbons (Fsp3) is 0.312.